The monoisotopic (exact) mass is 253 g/mol. The van der Waals surface area contributed by atoms with E-state index in [-0.39, 0.29) is 0 Å². The van der Waals surface area contributed by atoms with Crippen LogP contribution in [-0.4, -0.2) is 18.1 Å². The van der Waals surface area contributed by atoms with Crippen LogP contribution in [0.25, 0.3) is 0 Å². The van der Waals surface area contributed by atoms with E-state index in [0.717, 1.165) is 31.7 Å². The molecule has 2 heterocycles. The average molecular weight is 253 g/mol. The molecule has 0 spiro atoms. The second-order valence-electron chi connectivity index (χ2n) is 4.97. The molecule has 1 N–H and O–H groups in total. The topological polar surface area (TPSA) is 28.2 Å². The molecule has 1 aliphatic rings. The van der Waals surface area contributed by atoms with Crippen LogP contribution in [0.2, 0.25) is 0 Å². The van der Waals surface area contributed by atoms with Crippen molar-refractivity contribution in [3.05, 3.63) is 53.9 Å². The molecule has 3 heteroatoms. The van der Waals surface area contributed by atoms with E-state index >= 15 is 0 Å². The molecule has 98 valence electrons. The molecule has 1 aromatic carbocycles. The largest absolute Gasteiger partial charge is 0.383 e. The molecule has 0 atom stereocenters. The molecule has 0 saturated heterocycles. The zero-order valence-electron chi connectivity index (χ0n) is 11.3. The number of anilines is 2. The molecule has 0 bridgehead atoms. The Kier molecular flexibility index (Phi) is 3.36. The first-order valence-corrected chi connectivity index (χ1v) is 6.83. The van der Waals surface area contributed by atoms with Gasteiger partial charge in [-0.15, -0.1) is 0 Å². The Labute approximate surface area is 114 Å². The van der Waals surface area contributed by atoms with E-state index in [1.54, 1.807) is 0 Å². The minimum atomic E-state index is 0.929. The SMILES string of the molecule is Cc1ncccc1CN1CCCNc2ccccc21. The summed E-state index contributed by atoms with van der Waals surface area (Å²) < 4.78 is 0. The van der Waals surface area contributed by atoms with Gasteiger partial charge in [0.05, 0.1) is 11.4 Å². The quantitative estimate of drug-likeness (QED) is 0.890. The second kappa shape index (κ2) is 5.31. The number of aryl methyl sites for hydroxylation is 1. The van der Waals surface area contributed by atoms with Gasteiger partial charge in [0.15, 0.2) is 0 Å². The van der Waals surface area contributed by atoms with Gasteiger partial charge in [-0.2, -0.15) is 0 Å². The summed E-state index contributed by atoms with van der Waals surface area (Å²) in [5.74, 6) is 0. The third-order valence-electron chi connectivity index (χ3n) is 3.64. The van der Waals surface area contributed by atoms with Crippen LogP contribution < -0.4 is 10.2 Å². The van der Waals surface area contributed by atoms with Gasteiger partial charge in [-0.3, -0.25) is 4.98 Å². The van der Waals surface area contributed by atoms with Crippen molar-refractivity contribution >= 4 is 11.4 Å². The molecule has 0 fully saturated rings. The summed E-state index contributed by atoms with van der Waals surface area (Å²) in [7, 11) is 0. The molecule has 1 aromatic heterocycles. The fourth-order valence-corrected chi connectivity index (χ4v) is 2.57. The van der Waals surface area contributed by atoms with Gasteiger partial charge >= 0.3 is 0 Å². The van der Waals surface area contributed by atoms with Gasteiger partial charge in [-0.25, -0.2) is 0 Å². The molecular weight excluding hydrogens is 234 g/mol. The van der Waals surface area contributed by atoms with Gasteiger partial charge in [0.2, 0.25) is 0 Å². The van der Waals surface area contributed by atoms with Crippen molar-refractivity contribution < 1.29 is 0 Å². The van der Waals surface area contributed by atoms with Crippen LogP contribution in [0.5, 0.6) is 0 Å². The summed E-state index contributed by atoms with van der Waals surface area (Å²) in [4.78, 5) is 6.83. The van der Waals surface area contributed by atoms with Crippen LogP contribution in [-0.2, 0) is 6.54 Å². The minimum absolute atomic E-state index is 0.929. The molecule has 2 aromatic rings. The van der Waals surface area contributed by atoms with Crippen molar-refractivity contribution in [1.82, 2.24) is 4.98 Å². The first kappa shape index (κ1) is 12.0. The number of nitrogens with zero attached hydrogens (tertiary/aromatic N) is 2. The van der Waals surface area contributed by atoms with Crippen molar-refractivity contribution in [3.63, 3.8) is 0 Å². The number of hydrogen-bond donors (Lipinski definition) is 1. The van der Waals surface area contributed by atoms with Gasteiger partial charge in [-0.05, 0) is 37.1 Å². The van der Waals surface area contributed by atoms with E-state index < -0.39 is 0 Å². The molecule has 3 nitrogen and oxygen atoms in total. The fraction of sp³-hybridized carbons (Fsp3) is 0.312. The summed E-state index contributed by atoms with van der Waals surface area (Å²) >= 11 is 0. The number of benzene rings is 1. The predicted molar refractivity (Wildman–Crippen MR) is 79.6 cm³/mol. The highest BCUT2D eigenvalue weighted by atomic mass is 15.2. The van der Waals surface area contributed by atoms with Gasteiger partial charge in [0, 0.05) is 31.5 Å². The molecule has 1 aliphatic heterocycles. The minimum Gasteiger partial charge on any atom is -0.383 e. The first-order valence-electron chi connectivity index (χ1n) is 6.83. The highest BCUT2D eigenvalue weighted by molar-refractivity contribution is 5.70. The first-order chi connectivity index (χ1) is 9.34. The highest BCUT2D eigenvalue weighted by Gasteiger charge is 2.15. The second-order valence-corrected chi connectivity index (χ2v) is 4.97. The van der Waals surface area contributed by atoms with Crippen LogP contribution in [0.1, 0.15) is 17.7 Å². The maximum Gasteiger partial charge on any atom is 0.0605 e. The Morgan fingerprint density at radius 3 is 3.00 bits per heavy atom. The van der Waals surface area contributed by atoms with Crippen LogP contribution in [0, 0.1) is 6.92 Å². The summed E-state index contributed by atoms with van der Waals surface area (Å²) in [5.41, 5.74) is 4.96. The van der Waals surface area contributed by atoms with E-state index in [4.69, 9.17) is 0 Å². The average Bonchev–Trinajstić information content (AvgIpc) is 2.64. The number of hydrogen-bond acceptors (Lipinski definition) is 3. The van der Waals surface area contributed by atoms with E-state index in [1.807, 2.05) is 12.3 Å². The Morgan fingerprint density at radius 2 is 2.11 bits per heavy atom. The van der Waals surface area contributed by atoms with E-state index in [0.29, 0.717) is 0 Å². The molecule has 0 saturated carbocycles. The summed E-state index contributed by atoms with van der Waals surface area (Å²) in [5, 5.41) is 3.50. The summed E-state index contributed by atoms with van der Waals surface area (Å²) in [6.45, 7) is 5.13. The number of fused-ring (bicyclic) bond motifs is 1. The van der Waals surface area contributed by atoms with Gasteiger partial charge in [-0.1, -0.05) is 18.2 Å². The predicted octanol–water partition coefficient (Wildman–Crippen LogP) is 3.21. The number of pyridine rings is 1. The van der Waals surface area contributed by atoms with Gasteiger partial charge in [0.1, 0.15) is 0 Å². The smallest absolute Gasteiger partial charge is 0.0605 e. The standard InChI is InChI=1S/C16H19N3/c1-13-14(6-4-9-17-13)12-19-11-5-10-18-15-7-2-3-8-16(15)19/h2-4,6-9,18H,5,10-12H2,1H3. The number of aromatic nitrogens is 1. The lowest BCUT2D eigenvalue weighted by Crippen LogP contribution is -2.23. The van der Waals surface area contributed by atoms with E-state index in [9.17, 15) is 0 Å². The number of para-hydroxylation sites is 2. The third-order valence-corrected chi connectivity index (χ3v) is 3.64. The molecule has 0 unspecified atom stereocenters. The Bertz CT molecular complexity index is 565. The Hall–Kier alpha value is -2.03. The Balaban J connectivity index is 1.91. The van der Waals surface area contributed by atoms with Crippen molar-refractivity contribution in [2.45, 2.75) is 19.9 Å². The lowest BCUT2D eigenvalue weighted by Gasteiger charge is -2.25. The third kappa shape index (κ3) is 2.55. The zero-order valence-corrected chi connectivity index (χ0v) is 11.3. The molecule has 19 heavy (non-hydrogen) atoms. The van der Waals surface area contributed by atoms with Crippen molar-refractivity contribution in [2.75, 3.05) is 23.3 Å². The molecule has 3 rings (SSSR count). The summed E-state index contributed by atoms with van der Waals surface area (Å²) in [6.07, 6.45) is 3.02. The zero-order chi connectivity index (χ0) is 13.1. The molecule has 0 aliphatic carbocycles. The lowest BCUT2D eigenvalue weighted by atomic mass is 10.1. The number of nitrogens with one attached hydrogen (secondary N) is 1. The Morgan fingerprint density at radius 1 is 1.21 bits per heavy atom. The normalized spacial score (nSPS) is 14.5. The summed E-state index contributed by atoms with van der Waals surface area (Å²) in [6, 6.07) is 12.7. The van der Waals surface area contributed by atoms with E-state index in [1.165, 1.54) is 16.9 Å². The lowest BCUT2D eigenvalue weighted by molar-refractivity contribution is 0.758. The van der Waals surface area contributed by atoms with Gasteiger partial charge < -0.3 is 10.2 Å². The van der Waals surface area contributed by atoms with E-state index in [2.05, 4.69) is 52.5 Å². The van der Waals surface area contributed by atoms with Crippen molar-refractivity contribution in [1.29, 1.82) is 0 Å². The van der Waals surface area contributed by atoms with Crippen LogP contribution in [0.4, 0.5) is 11.4 Å². The molecule has 0 amide bonds. The number of rotatable bonds is 2. The van der Waals surface area contributed by atoms with Gasteiger partial charge in [0.25, 0.3) is 0 Å². The van der Waals surface area contributed by atoms with Crippen LogP contribution in [0.3, 0.4) is 0 Å². The molecule has 0 radical (unpaired) electrons. The van der Waals surface area contributed by atoms with Crippen LogP contribution >= 0.6 is 0 Å². The van der Waals surface area contributed by atoms with Crippen molar-refractivity contribution in [3.8, 4) is 0 Å². The van der Waals surface area contributed by atoms with Crippen LogP contribution in [0.15, 0.2) is 42.6 Å². The highest BCUT2D eigenvalue weighted by Crippen LogP contribution is 2.29. The maximum atomic E-state index is 4.38. The van der Waals surface area contributed by atoms with Crippen molar-refractivity contribution in [2.24, 2.45) is 0 Å². The maximum absolute atomic E-state index is 4.38. The fourth-order valence-electron chi connectivity index (χ4n) is 2.57. The molecular formula is C16H19N3.